The monoisotopic (exact) mass is 440 g/mol. The van der Waals surface area contributed by atoms with Crippen LogP contribution in [0.2, 0.25) is 0 Å². The summed E-state index contributed by atoms with van der Waals surface area (Å²) in [6.45, 7) is 0.478. The second kappa shape index (κ2) is 8.33. The highest BCUT2D eigenvalue weighted by Crippen LogP contribution is 2.42. The van der Waals surface area contributed by atoms with Crippen molar-refractivity contribution in [1.29, 1.82) is 5.26 Å². The number of aromatic nitrogens is 4. The van der Waals surface area contributed by atoms with E-state index in [1.165, 1.54) is 18.3 Å². The Morgan fingerprint density at radius 2 is 2.00 bits per heavy atom. The standard InChI is InChI=1S/C24H20N6O3/c25-13-15-5-6-26-22(9-15)30(24(32)33)23-12-18(16-1-2-16)11-19(28-23)17-3-4-21-20(10-17)27-14-29(21)7-8-31/h3-6,9-12,14,16,31H,1-2,7-8H2,(H,32,33). The van der Waals surface area contributed by atoms with Gasteiger partial charge in [0.1, 0.15) is 11.6 Å². The van der Waals surface area contributed by atoms with Crippen LogP contribution in [0.15, 0.2) is 55.0 Å². The van der Waals surface area contributed by atoms with E-state index < -0.39 is 6.09 Å². The zero-order valence-corrected chi connectivity index (χ0v) is 17.6. The van der Waals surface area contributed by atoms with E-state index in [1.54, 1.807) is 12.4 Å². The van der Waals surface area contributed by atoms with E-state index >= 15 is 0 Å². The third-order valence-electron chi connectivity index (χ3n) is 5.66. The van der Waals surface area contributed by atoms with Gasteiger partial charge in [0.2, 0.25) is 0 Å². The smallest absolute Gasteiger partial charge is 0.418 e. The van der Waals surface area contributed by atoms with Crippen LogP contribution in [0.5, 0.6) is 0 Å². The fourth-order valence-corrected chi connectivity index (χ4v) is 3.88. The quantitative estimate of drug-likeness (QED) is 0.463. The average molecular weight is 440 g/mol. The van der Waals surface area contributed by atoms with Crippen LogP contribution in [0.3, 0.4) is 0 Å². The molecule has 1 aromatic carbocycles. The maximum Gasteiger partial charge on any atom is 0.418 e. The SMILES string of the molecule is N#Cc1ccnc(N(C(=O)O)c2cc(C3CC3)cc(-c3ccc4c(c3)ncn4CCO)n2)c1. The number of carbonyl (C=O) groups is 1. The molecule has 4 aromatic rings. The van der Waals surface area contributed by atoms with Crippen molar-refractivity contribution in [2.75, 3.05) is 11.5 Å². The molecule has 3 aromatic heterocycles. The van der Waals surface area contributed by atoms with Gasteiger partial charge >= 0.3 is 6.09 Å². The first-order chi connectivity index (χ1) is 16.1. The largest absolute Gasteiger partial charge is 0.464 e. The molecule has 164 valence electrons. The lowest BCUT2D eigenvalue weighted by Gasteiger charge is -2.19. The summed E-state index contributed by atoms with van der Waals surface area (Å²) in [4.78, 5) is 26.5. The number of amides is 1. The minimum atomic E-state index is -1.23. The fourth-order valence-electron chi connectivity index (χ4n) is 3.88. The second-order valence-corrected chi connectivity index (χ2v) is 7.92. The van der Waals surface area contributed by atoms with Crippen molar-refractivity contribution in [3.05, 3.63) is 66.1 Å². The number of carboxylic acid groups (broad SMARTS) is 1. The van der Waals surface area contributed by atoms with Crippen molar-refractivity contribution in [1.82, 2.24) is 19.5 Å². The van der Waals surface area contributed by atoms with Crippen molar-refractivity contribution in [2.24, 2.45) is 0 Å². The third-order valence-corrected chi connectivity index (χ3v) is 5.66. The fraction of sp³-hybridized carbons (Fsp3) is 0.208. The molecule has 1 fully saturated rings. The van der Waals surface area contributed by atoms with Gasteiger partial charge < -0.3 is 14.8 Å². The third kappa shape index (κ3) is 4.00. The van der Waals surface area contributed by atoms with Gasteiger partial charge in [0.05, 0.1) is 41.3 Å². The molecule has 3 heterocycles. The van der Waals surface area contributed by atoms with Crippen LogP contribution in [0, 0.1) is 11.3 Å². The van der Waals surface area contributed by atoms with Gasteiger partial charge in [-0.1, -0.05) is 6.07 Å². The van der Waals surface area contributed by atoms with Gasteiger partial charge in [-0.05, 0) is 60.7 Å². The van der Waals surface area contributed by atoms with Gasteiger partial charge in [0.15, 0.2) is 0 Å². The van der Waals surface area contributed by atoms with E-state index in [0.29, 0.717) is 23.7 Å². The first kappa shape index (κ1) is 20.6. The number of rotatable bonds is 6. The second-order valence-electron chi connectivity index (χ2n) is 7.92. The maximum absolute atomic E-state index is 12.2. The average Bonchev–Trinajstić information content (AvgIpc) is 3.61. The Labute approximate surface area is 189 Å². The van der Waals surface area contributed by atoms with Crippen LogP contribution < -0.4 is 4.90 Å². The first-order valence-corrected chi connectivity index (χ1v) is 10.5. The van der Waals surface area contributed by atoms with Gasteiger partial charge in [0, 0.05) is 18.3 Å². The Balaban J connectivity index is 1.62. The molecular weight excluding hydrogens is 420 g/mol. The molecule has 1 amide bonds. The van der Waals surface area contributed by atoms with Crippen LogP contribution in [0.25, 0.3) is 22.3 Å². The lowest BCUT2D eigenvalue weighted by molar-refractivity contribution is 0.204. The van der Waals surface area contributed by atoms with Crippen LogP contribution >= 0.6 is 0 Å². The Morgan fingerprint density at radius 3 is 2.73 bits per heavy atom. The lowest BCUT2D eigenvalue weighted by atomic mass is 10.1. The number of imidazole rings is 1. The van der Waals surface area contributed by atoms with E-state index in [4.69, 9.17) is 0 Å². The highest BCUT2D eigenvalue weighted by molar-refractivity contribution is 5.93. The Kier molecular flexibility index (Phi) is 5.20. The Bertz CT molecular complexity index is 1400. The molecule has 9 nitrogen and oxygen atoms in total. The van der Waals surface area contributed by atoms with Crippen LogP contribution in [-0.4, -0.2) is 42.4 Å². The molecule has 1 aliphatic rings. The number of anilines is 2. The first-order valence-electron chi connectivity index (χ1n) is 10.5. The number of benzene rings is 1. The number of hydrogen-bond donors (Lipinski definition) is 2. The summed E-state index contributed by atoms with van der Waals surface area (Å²) in [5.74, 6) is 0.716. The molecule has 0 radical (unpaired) electrons. The summed E-state index contributed by atoms with van der Waals surface area (Å²) < 4.78 is 1.87. The Hall–Kier alpha value is -4.29. The van der Waals surface area contributed by atoms with E-state index in [-0.39, 0.29) is 18.2 Å². The molecule has 2 N–H and O–H groups in total. The van der Waals surface area contributed by atoms with Crippen molar-refractivity contribution in [3.63, 3.8) is 0 Å². The summed E-state index contributed by atoms with van der Waals surface area (Å²) >= 11 is 0. The van der Waals surface area contributed by atoms with Crippen LogP contribution in [0.1, 0.15) is 29.9 Å². The van der Waals surface area contributed by atoms with E-state index in [0.717, 1.165) is 39.9 Å². The van der Waals surface area contributed by atoms with Gasteiger partial charge in [-0.15, -0.1) is 0 Å². The summed E-state index contributed by atoms with van der Waals surface area (Å²) in [6.07, 6.45) is 3.95. The summed E-state index contributed by atoms with van der Waals surface area (Å²) in [7, 11) is 0. The molecule has 0 saturated heterocycles. The minimum Gasteiger partial charge on any atom is -0.464 e. The number of aliphatic hydroxyl groups is 1. The van der Waals surface area contributed by atoms with E-state index in [2.05, 4.69) is 15.0 Å². The number of nitriles is 1. The molecule has 0 spiro atoms. The lowest BCUT2D eigenvalue weighted by Crippen LogP contribution is -2.26. The van der Waals surface area contributed by atoms with Crippen LogP contribution in [-0.2, 0) is 6.54 Å². The number of nitrogens with zero attached hydrogens (tertiary/aromatic N) is 6. The van der Waals surface area contributed by atoms with Gasteiger partial charge in [0.25, 0.3) is 0 Å². The molecule has 9 heteroatoms. The van der Waals surface area contributed by atoms with Gasteiger partial charge in [-0.2, -0.15) is 5.26 Å². The maximum atomic E-state index is 12.2. The summed E-state index contributed by atoms with van der Waals surface area (Å²) in [6, 6.07) is 14.5. The van der Waals surface area contributed by atoms with Crippen molar-refractivity contribution >= 4 is 28.8 Å². The number of hydrogen-bond acceptors (Lipinski definition) is 6. The molecule has 0 bridgehead atoms. The normalized spacial score (nSPS) is 13.1. The van der Waals surface area contributed by atoms with Crippen molar-refractivity contribution < 1.29 is 15.0 Å². The highest BCUT2D eigenvalue weighted by Gasteiger charge is 2.28. The summed E-state index contributed by atoms with van der Waals surface area (Å²) in [5.41, 5.74) is 4.44. The number of pyridine rings is 2. The minimum absolute atomic E-state index is 0.0214. The zero-order chi connectivity index (χ0) is 22.9. The predicted octanol–water partition coefficient (Wildman–Crippen LogP) is 4.05. The number of aliphatic hydroxyl groups excluding tert-OH is 1. The molecule has 5 rings (SSSR count). The van der Waals surface area contributed by atoms with Crippen molar-refractivity contribution in [2.45, 2.75) is 25.3 Å². The van der Waals surface area contributed by atoms with Crippen molar-refractivity contribution in [3.8, 4) is 17.3 Å². The molecule has 0 aliphatic heterocycles. The van der Waals surface area contributed by atoms with Gasteiger partial charge in [-0.25, -0.2) is 24.6 Å². The topological polar surface area (TPSA) is 128 Å². The van der Waals surface area contributed by atoms with E-state index in [9.17, 15) is 20.3 Å². The van der Waals surface area contributed by atoms with Gasteiger partial charge in [-0.3, -0.25) is 0 Å². The van der Waals surface area contributed by atoms with Crippen LogP contribution in [0.4, 0.5) is 16.4 Å². The molecule has 1 saturated carbocycles. The molecule has 0 unspecified atom stereocenters. The summed E-state index contributed by atoms with van der Waals surface area (Å²) in [5, 5.41) is 28.4. The molecule has 33 heavy (non-hydrogen) atoms. The Morgan fingerprint density at radius 1 is 1.15 bits per heavy atom. The highest BCUT2D eigenvalue weighted by atomic mass is 16.4. The predicted molar refractivity (Wildman–Crippen MR) is 121 cm³/mol. The molecular formula is C24H20N6O3. The molecule has 0 atom stereocenters. The zero-order valence-electron chi connectivity index (χ0n) is 17.6. The number of fused-ring (bicyclic) bond motifs is 1. The van der Waals surface area contributed by atoms with E-state index in [1.807, 2.05) is 34.9 Å². The molecule has 1 aliphatic carbocycles.